The van der Waals surface area contributed by atoms with Crippen LogP contribution in [0.1, 0.15) is 24.2 Å². The topological polar surface area (TPSA) is 123 Å². The van der Waals surface area contributed by atoms with Gasteiger partial charge < -0.3 is 14.1 Å². The molecule has 11 heteroatoms. The highest BCUT2D eigenvalue weighted by Gasteiger charge is 2.35. The summed E-state index contributed by atoms with van der Waals surface area (Å²) in [5, 5.41) is 11.1. The lowest BCUT2D eigenvalue weighted by atomic mass is 9.96. The molecule has 1 aliphatic rings. The van der Waals surface area contributed by atoms with Crippen LogP contribution in [0.15, 0.2) is 45.9 Å². The fraction of sp³-hybridized carbons (Fsp3) is 0.476. The van der Waals surface area contributed by atoms with Gasteiger partial charge in [0.15, 0.2) is 0 Å². The predicted octanol–water partition coefficient (Wildman–Crippen LogP) is 2.57. The van der Waals surface area contributed by atoms with E-state index in [9.17, 15) is 23.3 Å². The molecule has 1 aromatic heterocycles. The van der Waals surface area contributed by atoms with E-state index < -0.39 is 14.9 Å². The maximum Gasteiger partial charge on any atom is 0.270 e. The van der Waals surface area contributed by atoms with Crippen molar-refractivity contribution in [3.8, 4) is 0 Å². The Morgan fingerprint density at radius 1 is 1.31 bits per heavy atom. The van der Waals surface area contributed by atoms with Crippen LogP contribution in [0.2, 0.25) is 0 Å². The first kappa shape index (κ1) is 23.9. The van der Waals surface area contributed by atoms with Crippen molar-refractivity contribution < 1.29 is 27.3 Å². The molecule has 32 heavy (non-hydrogen) atoms. The molecule has 1 amide bonds. The van der Waals surface area contributed by atoms with Crippen molar-refractivity contribution in [1.82, 2.24) is 9.21 Å². The number of nitrogens with zero attached hydrogens (tertiary/aromatic N) is 3. The minimum absolute atomic E-state index is 0.0676. The third-order valence-electron chi connectivity index (χ3n) is 5.61. The molecule has 174 valence electrons. The van der Waals surface area contributed by atoms with Gasteiger partial charge in [-0.1, -0.05) is 6.07 Å². The molecule has 2 aromatic rings. The molecule has 3 rings (SSSR count). The summed E-state index contributed by atoms with van der Waals surface area (Å²) in [6, 6.07) is 7.37. The van der Waals surface area contributed by atoms with Crippen molar-refractivity contribution in [2.24, 2.45) is 5.92 Å². The number of rotatable bonds is 9. The predicted molar refractivity (Wildman–Crippen MR) is 115 cm³/mol. The Hall–Kier alpha value is -2.76. The summed E-state index contributed by atoms with van der Waals surface area (Å²) < 4.78 is 38.0. The molecule has 0 atom stereocenters. The van der Waals surface area contributed by atoms with Crippen molar-refractivity contribution in [2.75, 3.05) is 33.4 Å². The summed E-state index contributed by atoms with van der Waals surface area (Å²) in [4.78, 5) is 25.2. The van der Waals surface area contributed by atoms with Gasteiger partial charge in [-0.2, -0.15) is 4.31 Å². The van der Waals surface area contributed by atoms with Crippen LogP contribution in [0.5, 0.6) is 0 Å². The number of carbonyl (C=O) groups excluding carboxylic acids is 1. The van der Waals surface area contributed by atoms with Crippen LogP contribution in [0, 0.1) is 23.0 Å². The van der Waals surface area contributed by atoms with E-state index in [0.717, 1.165) is 6.07 Å². The Kier molecular flexibility index (Phi) is 7.64. The van der Waals surface area contributed by atoms with Crippen molar-refractivity contribution >= 4 is 21.6 Å². The maximum atomic E-state index is 13.1. The van der Waals surface area contributed by atoms with Crippen LogP contribution in [0.3, 0.4) is 0 Å². The number of methoxy groups -OCH3 is 1. The Morgan fingerprint density at radius 2 is 2.03 bits per heavy atom. The first-order valence-corrected chi connectivity index (χ1v) is 11.7. The van der Waals surface area contributed by atoms with Crippen molar-refractivity contribution in [2.45, 2.75) is 31.2 Å². The van der Waals surface area contributed by atoms with Gasteiger partial charge in [0.25, 0.3) is 5.69 Å². The van der Waals surface area contributed by atoms with Crippen LogP contribution < -0.4 is 0 Å². The summed E-state index contributed by atoms with van der Waals surface area (Å²) in [6.45, 7) is 3.04. The summed E-state index contributed by atoms with van der Waals surface area (Å²) in [7, 11) is -2.34. The molecule has 1 saturated heterocycles. The third-order valence-corrected chi connectivity index (χ3v) is 7.65. The standard InChI is InChI=1S/C21H27N3O7S/c1-16-5-6-18(24(26)27)14-20(16)32(28,29)23-9-7-17(8-10-23)21(25)22(11-13-30-2)15-19-4-3-12-31-19/h3-6,12,14,17H,7-11,13,15H2,1-2H3. The second-order valence-electron chi connectivity index (χ2n) is 7.72. The number of nitro groups is 1. The number of aryl methyl sites for hydroxylation is 1. The van der Waals surface area contributed by atoms with E-state index in [1.807, 2.05) is 0 Å². The van der Waals surface area contributed by atoms with Gasteiger partial charge in [-0.05, 0) is 37.5 Å². The summed E-state index contributed by atoms with van der Waals surface area (Å²) in [5.74, 6) is 0.275. The molecular weight excluding hydrogens is 438 g/mol. The SMILES string of the molecule is COCCN(Cc1ccco1)C(=O)C1CCN(S(=O)(=O)c2cc([N+](=O)[O-])ccc2C)CC1. The summed E-state index contributed by atoms with van der Waals surface area (Å²) in [6.07, 6.45) is 2.29. The summed E-state index contributed by atoms with van der Waals surface area (Å²) in [5.41, 5.74) is 0.170. The Labute approximate surface area is 186 Å². The monoisotopic (exact) mass is 465 g/mol. The molecule has 1 aliphatic heterocycles. The minimum Gasteiger partial charge on any atom is -0.467 e. The number of benzene rings is 1. The number of amides is 1. The molecule has 0 aliphatic carbocycles. The van der Waals surface area contributed by atoms with E-state index in [2.05, 4.69) is 0 Å². The number of hydrogen-bond acceptors (Lipinski definition) is 7. The maximum absolute atomic E-state index is 13.1. The van der Waals surface area contributed by atoms with Crippen LogP contribution in [0.4, 0.5) is 5.69 Å². The van der Waals surface area contributed by atoms with Crippen molar-refractivity contribution in [3.05, 3.63) is 58.0 Å². The van der Waals surface area contributed by atoms with E-state index in [1.165, 1.54) is 16.4 Å². The number of nitro benzene ring substituents is 1. The molecule has 0 saturated carbocycles. The number of furan rings is 1. The van der Waals surface area contributed by atoms with Gasteiger partial charge >= 0.3 is 0 Å². The molecule has 1 fully saturated rings. The zero-order valence-corrected chi connectivity index (χ0v) is 18.9. The molecule has 0 unspecified atom stereocenters. The Morgan fingerprint density at radius 3 is 2.62 bits per heavy atom. The first-order chi connectivity index (χ1) is 15.2. The lowest BCUT2D eigenvalue weighted by Crippen LogP contribution is -2.45. The van der Waals surface area contributed by atoms with Crippen LogP contribution >= 0.6 is 0 Å². The van der Waals surface area contributed by atoms with Gasteiger partial charge in [-0.3, -0.25) is 14.9 Å². The van der Waals surface area contributed by atoms with E-state index in [-0.39, 0.29) is 35.5 Å². The molecule has 2 heterocycles. The number of ether oxygens (including phenoxy) is 1. The minimum atomic E-state index is -3.90. The smallest absolute Gasteiger partial charge is 0.270 e. The molecule has 1 aromatic carbocycles. The molecule has 0 spiro atoms. The second-order valence-corrected chi connectivity index (χ2v) is 9.62. The van der Waals surface area contributed by atoms with Crippen LogP contribution in [-0.2, 0) is 26.1 Å². The number of piperidine rings is 1. The summed E-state index contributed by atoms with van der Waals surface area (Å²) >= 11 is 0. The molecule has 0 radical (unpaired) electrons. The number of non-ortho nitro benzene ring substituents is 1. The van der Waals surface area contributed by atoms with E-state index in [4.69, 9.17) is 9.15 Å². The van der Waals surface area contributed by atoms with Gasteiger partial charge in [-0.25, -0.2) is 8.42 Å². The van der Waals surface area contributed by atoms with Gasteiger partial charge in [-0.15, -0.1) is 0 Å². The first-order valence-electron chi connectivity index (χ1n) is 10.3. The Balaban J connectivity index is 1.69. The second kappa shape index (κ2) is 10.2. The fourth-order valence-corrected chi connectivity index (χ4v) is 5.49. The highest BCUT2D eigenvalue weighted by Crippen LogP contribution is 2.29. The Bertz CT molecular complexity index is 1050. The largest absolute Gasteiger partial charge is 0.467 e. The molecule has 10 nitrogen and oxygen atoms in total. The van der Waals surface area contributed by atoms with Gasteiger partial charge in [0.2, 0.25) is 15.9 Å². The van der Waals surface area contributed by atoms with E-state index in [0.29, 0.717) is 43.9 Å². The zero-order chi connectivity index (χ0) is 23.3. The molecule has 0 N–H and O–H groups in total. The third kappa shape index (κ3) is 5.34. The molecule has 0 bridgehead atoms. The van der Waals surface area contributed by atoms with E-state index in [1.54, 1.807) is 37.3 Å². The highest BCUT2D eigenvalue weighted by molar-refractivity contribution is 7.89. The normalized spacial score (nSPS) is 15.6. The number of sulfonamides is 1. The zero-order valence-electron chi connectivity index (χ0n) is 18.1. The fourth-order valence-electron chi connectivity index (χ4n) is 3.78. The van der Waals surface area contributed by atoms with Crippen molar-refractivity contribution in [3.63, 3.8) is 0 Å². The number of carbonyl (C=O) groups is 1. The lowest BCUT2D eigenvalue weighted by Gasteiger charge is -2.33. The average molecular weight is 466 g/mol. The van der Waals surface area contributed by atoms with Gasteiger partial charge in [0.1, 0.15) is 5.76 Å². The quantitative estimate of drug-likeness (QED) is 0.412. The van der Waals surface area contributed by atoms with Crippen LogP contribution in [-0.4, -0.2) is 61.8 Å². The van der Waals surface area contributed by atoms with E-state index >= 15 is 0 Å². The van der Waals surface area contributed by atoms with Crippen LogP contribution in [0.25, 0.3) is 0 Å². The highest BCUT2D eigenvalue weighted by atomic mass is 32.2. The lowest BCUT2D eigenvalue weighted by molar-refractivity contribution is -0.385. The van der Waals surface area contributed by atoms with Gasteiger partial charge in [0, 0.05) is 44.8 Å². The average Bonchev–Trinajstić information content (AvgIpc) is 3.29. The molecular formula is C21H27N3O7S. The van der Waals surface area contributed by atoms with Gasteiger partial charge in [0.05, 0.1) is 29.2 Å². The number of hydrogen-bond donors (Lipinski definition) is 0. The van der Waals surface area contributed by atoms with Crippen molar-refractivity contribution in [1.29, 1.82) is 0 Å².